The van der Waals surface area contributed by atoms with Crippen molar-refractivity contribution in [1.29, 1.82) is 0 Å². The Hall–Kier alpha value is -2.82. The van der Waals surface area contributed by atoms with Gasteiger partial charge < -0.3 is 10.3 Å². The number of hydrogen-bond donors (Lipinski definition) is 2. The molecular formula is C23H19Cl2N3O. The van der Waals surface area contributed by atoms with E-state index in [4.69, 9.17) is 23.2 Å². The van der Waals surface area contributed by atoms with Crippen LogP contribution in [0, 0.1) is 0 Å². The molecule has 2 N–H and O–H groups in total. The Bertz CT molecular complexity index is 1150. The molecule has 0 saturated heterocycles. The van der Waals surface area contributed by atoms with Gasteiger partial charge in [-0.25, -0.2) is 0 Å². The van der Waals surface area contributed by atoms with E-state index >= 15 is 0 Å². The van der Waals surface area contributed by atoms with Gasteiger partial charge in [-0.2, -0.15) is 0 Å². The Morgan fingerprint density at radius 2 is 1.72 bits per heavy atom. The molecule has 4 rings (SSSR count). The molecule has 0 aliphatic rings. The van der Waals surface area contributed by atoms with Gasteiger partial charge in [0, 0.05) is 41.9 Å². The maximum absolute atomic E-state index is 12.6. The summed E-state index contributed by atoms with van der Waals surface area (Å²) in [6.45, 7) is 0.417. The predicted molar refractivity (Wildman–Crippen MR) is 118 cm³/mol. The second-order valence-corrected chi connectivity index (χ2v) is 7.58. The zero-order valence-corrected chi connectivity index (χ0v) is 17.1. The minimum absolute atomic E-state index is 0.155. The van der Waals surface area contributed by atoms with Crippen molar-refractivity contribution in [3.63, 3.8) is 0 Å². The molecule has 2 heterocycles. The van der Waals surface area contributed by atoms with Crippen LogP contribution in [-0.4, -0.2) is 15.9 Å². The summed E-state index contributed by atoms with van der Waals surface area (Å²) in [5.74, 6) is 0.345. The molecule has 146 valence electrons. The number of H-pyrrole nitrogens is 1. The summed E-state index contributed by atoms with van der Waals surface area (Å²) in [5.41, 5.74) is 5.71. The van der Waals surface area contributed by atoms with E-state index in [2.05, 4.69) is 15.3 Å². The van der Waals surface area contributed by atoms with Gasteiger partial charge in [-0.15, -0.1) is 11.6 Å². The third-order valence-electron chi connectivity index (χ3n) is 4.79. The minimum Gasteiger partial charge on any atom is -0.360 e. The fourth-order valence-corrected chi connectivity index (χ4v) is 3.61. The Labute approximate surface area is 178 Å². The third-order valence-corrected chi connectivity index (χ3v) is 5.41. The van der Waals surface area contributed by atoms with Crippen LogP contribution in [0.1, 0.15) is 32.6 Å². The van der Waals surface area contributed by atoms with Gasteiger partial charge in [-0.3, -0.25) is 9.78 Å². The van der Waals surface area contributed by atoms with E-state index in [1.165, 1.54) is 0 Å². The summed E-state index contributed by atoms with van der Waals surface area (Å²) in [4.78, 5) is 19.9. The molecule has 0 saturated carbocycles. The first kappa shape index (κ1) is 19.5. The van der Waals surface area contributed by atoms with E-state index in [9.17, 15) is 4.79 Å². The SMILES string of the molecule is O=C(NCc1ccc2[nH]cc(Cl)c2c1)c1cncc(Cc2ccc(CCl)cc2)c1. The van der Waals surface area contributed by atoms with Crippen molar-refractivity contribution in [1.82, 2.24) is 15.3 Å². The first-order chi connectivity index (χ1) is 14.1. The highest BCUT2D eigenvalue weighted by atomic mass is 35.5. The van der Waals surface area contributed by atoms with Gasteiger partial charge in [0.25, 0.3) is 5.91 Å². The smallest absolute Gasteiger partial charge is 0.253 e. The standard InChI is InChI=1S/C23H19Cl2N3O/c24-10-16-3-1-15(2-4-16)7-18-8-19(13-26-11-18)23(29)28-12-17-5-6-22-20(9-17)21(25)14-27-22/h1-6,8-9,11,13-14,27H,7,10,12H2,(H,28,29). The number of nitrogens with zero attached hydrogens (tertiary/aromatic N) is 1. The number of pyridine rings is 1. The number of aromatic nitrogens is 2. The van der Waals surface area contributed by atoms with Gasteiger partial charge in [0.05, 0.1) is 10.6 Å². The van der Waals surface area contributed by atoms with Crippen molar-refractivity contribution in [3.05, 3.63) is 100.0 Å². The topological polar surface area (TPSA) is 57.8 Å². The largest absolute Gasteiger partial charge is 0.360 e. The Morgan fingerprint density at radius 1 is 0.966 bits per heavy atom. The Morgan fingerprint density at radius 3 is 2.52 bits per heavy atom. The summed E-state index contributed by atoms with van der Waals surface area (Å²) in [6, 6.07) is 15.9. The molecule has 29 heavy (non-hydrogen) atoms. The van der Waals surface area contributed by atoms with E-state index in [1.54, 1.807) is 18.6 Å². The Kier molecular flexibility index (Phi) is 5.84. The molecule has 4 aromatic rings. The summed E-state index contributed by atoms with van der Waals surface area (Å²) >= 11 is 12.0. The second kappa shape index (κ2) is 8.68. The number of aromatic amines is 1. The summed E-state index contributed by atoms with van der Waals surface area (Å²) in [6.07, 6.45) is 5.84. The number of hydrogen-bond acceptors (Lipinski definition) is 2. The van der Waals surface area contributed by atoms with Gasteiger partial charge in [-0.1, -0.05) is 41.9 Å². The lowest BCUT2D eigenvalue weighted by molar-refractivity contribution is 0.0950. The average molecular weight is 424 g/mol. The third kappa shape index (κ3) is 4.61. The highest BCUT2D eigenvalue weighted by Gasteiger charge is 2.09. The van der Waals surface area contributed by atoms with Crippen molar-refractivity contribution in [2.24, 2.45) is 0 Å². The molecule has 0 spiro atoms. The van der Waals surface area contributed by atoms with Crippen LogP contribution in [0.3, 0.4) is 0 Å². The van der Waals surface area contributed by atoms with Crippen LogP contribution in [0.25, 0.3) is 10.9 Å². The van der Waals surface area contributed by atoms with Crippen LogP contribution in [0.4, 0.5) is 0 Å². The van der Waals surface area contributed by atoms with Crippen LogP contribution < -0.4 is 5.32 Å². The van der Waals surface area contributed by atoms with Crippen molar-refractivity contribution in [2.75, 3.05) is 0 Å². The van der Waals surface area contributed by atoms with E-state index in [0.29, 0.717) is 29.4 Å². The quantitative estimate of drug-likeness (QED) is 0.403. The highest BCUT2D eigenvalue weighted by molar-refractivity contribution is 6.35. The monoisotopic (exact) mass is 423 g/mol. The molecule has 6 heteroatoms. The summed E-state index contributed by atoms with van der Waals surface area (Å²) in [5, 5.41) is 4.57. The van der Waals surface area contributed by atoms with E-state index in [0.717, 1.165) is 33.2 Å². The van der Waals surface area contributed by atoms with E-state index in [1.807, 2.05) is 48.5 Å². The number of rotatable bonds is 6. The molecular weight excluding hydrogens is 405 g/mol. The van der Waals surface area contributed by atoms with Crippen molar-refractivity contribution >= 4 is 40.0 Å². The summed E-state index contributed by atoms with van der Waals surface area (Å²) < 4.78 is 0. The number of benzene rings is 2. The van der Waals surface area contributed by atoms with Crippen molar-refractivity contribution in [3.8, 4) is 0 Å². The average Bonchev–Trinajstić information content (AvgIpc) is 3.13. The van der Waals surface area contributed by atoms with Crippen LogP contribution in [-0.2, 0) is 18.8 Å². The normalized spacial score (nSPS) is 11.0. The first-order valence-corrected chi connectivity index (χ1v) is 10.1. The number of nitrogens with one attached hydrogen (secondary N) is 2. The predicted octanol–water partition coefficient (Wildman–Crippen LogP) is 5.48. The maximum Gasteiger partial charge on any atom is 0.253 e. The number of alkyl halides is 1. The molecule has 0 atom stereocenters. The lowest BCUT2D eigenvalue weighted by atomic mass is 10.0. The van der Waals surface area contributed by atoms with Gasteiger partial charge in [0.15, 0.2) is 0 Å². The van der Waals surface area contributed by atoms with Gasteiger partial charge >= 0.3 is 0 Å². The molecule has 0 unspecified atom stereocenters. The number of fused-ring (bicyclic) bond motifs is 1. The summed E-state index contributed by atoms with van der Waals surface area (Å²) in [7, 11) is 0. The number of carbonyl (C=O) groups excluding carboxylic acids is 1. The van der Waals surface area contributed by atoms with Crippen molar-refractivity contribution in [2.45, 2.75) is 18.8 Å². The molecule has 4 nitrogen and oxygen atoms in total. The van der Waals surface area contributed by atoms with Crippen LogP contribution >= 0.6 is 23.2 Å². The van der Waals surface area contributed by atoms with Gasteiger partial charge in [-0.05, 0) is 46.9 Å². The van der Waals surface area contributed by atoms with E-state index in [-0.39, 0.29) is 5.91 Å². The van der Waals surface area contributed by atoms with Gasteiger partial charge in [0.2, 0.25) is 0 Å². The van der Waals surface area contributed by atoms with Crippen LogP contribution in [0.2, 0.25) is 5.02 Å². The number of halogens is 2. The first-order valence-electron chi connectivity index (χ1n) is 9.24. The minimum atomic E-state index is -0.155. The number of amides is 1. The molecule has 1 amide bonds. The zero-order valence-electron chi connectivity index (χ0n) is 15.6. The molecule has 2 aromatic heterocycles. The fraction of sp³-hybridized carbons (Fsp3) is 0.130. The molecule has 0 radical (unpaired) electrons. The van der Waals surface area contributed by atoms with E-state index < -0.39 is 0 Å². The lowest BCUT2D eigenvalue weighted by Crippen LogP contribution is -2.23. The molecule has 0 bridgehead atoms. The number of carbonyl (C=O) groups is 1. The highest BCUT2D eigenvalue weighted by Crippen LogP contribution is 2.23. The molecule has 0 fully saturated rings. The molecule has 2 aromatic carbocycles. The zero-order chi connectivity index (χ0) is 20.2. The molecule has 0 aliphatic heterocycles. The Balaban J connectivity index is 1.42. The van der Waals surface area contributed by atoms with Crippen LogP contribution in [0.15, 0.2) is 67.1 Å². The van der Waals surface area contributed by atoms with Crippen molar-refractivity contribution < 1.29 is 4.79 Å². The van der Waals surface area contributed by atoms with Gasteiger partial charge in [0.1, 0.15) is 0 Å². The maximum atomic E-state index is 12.6. The lowest BCUT2D eigenvalue weighted by Gasteiger charge is -2.08. The molecule has 0 aliphatic carbocycles. The second-order valence-electron chi connectivity index (χ2n) is 6.91. The van der Waals surface area contributed by atoms with Crippen LogP contribution in [0.5, 0.6) is 0 Å². The fourth-order valence-electron chi connectivity index (χ4n) is 3.22.